The summed E-state index contributed by atoms with van der Waals surface area (Å²) in [7, 11) is 5.29. The minimum atomic E-state index is -1.08. The molecule has 3 aromatic heterocycles. The van der Waals surface area contributed by atoms with Crippen LogP contribution in [0.25, 0.3) is 33.4 Å². The number of likely N-dealkylation sites (N-methyl/N-ethyl adjacent to an activating group) is 2. The Morgan fingerprint density at radius 3 is 2.46 bits per heavy atom. The molecule has 5 amide bonds. The number of hydrazine groups is 1. The van der Waals surface area contributed by atoms with Crippen LogP contribution in [0.4, 0.5) is 4.79 Å². The minimum Gasteiger partial charge on any atom is -0.464 e. The molecule has 4 aliphatic rings. The molecule has 4 aliphatic heterocycles. The third kappa shape index (κ3) is 10.4. The van der Waals surface area contributed by atoms with Crippen molar-refractivity contribution >= 4 is 52.0 Å². The number of piperazine rings is 1. The number of pyridine rings is 1. The molecule has 3 saturated heterocycles. The van der Waals surface area contributed by atoms with Crippen LogP contribution in [0.1, 0.15) is 89.6 Å². The summed E-state index contributed by atoms with van der Waals surface area (Å²) in [5.74, 6) is -1.55. The highest BCUT2D eigenvalue weighted by Gasteiger charge is 2.40. The monoisotopic (exact) mass is 967 g/mol. The number of likely N-dealkylation sites (tertiary alicyclic amines) is 1. The number of carbonyl (C=O) groups excluding carboxylic acids is 5. The predicted molar refractivity (Wildman–Crippen MR) is 265 cm³/mol. The zero-order valence-corrected chi connectivity index (χ0v) is 42.6. The van der Waals surface area contributed by atoms with Crippen molar-refractivity contribution in [1.29, 1.82) is 0 Å². The normalized spacial score (nSPS) is 22.3. The zero-order valence-electron chi connectivity index (χ0n) is 41.7. The fourth-order valence-electron chi connectivity index (χ4n) is 10.6. The van der Waals surface area contributed by atoms with Gasteiger partial charge in [-0.1, -0.05) is 33.8 Å². The van der Waals surface area contributed by atoms with E-state index in [1.165, 1.54) is 21.2 Å². The number of amides is 5. The minimum absolute atomic E-state index is 0.0801. The highest BCUT2D eigenvalue weighted by molar-refractivity contribution is 7.10. The first-order valence-electron chi connectivity index (χ1n) is 24.6. The van der Waals surface area contributed by atoms with E-state index in [2.05, 4.69) is 65.2 Å². The van der Waals surface area contributed by atoms with Gasteiger partial charge in [-0.25, -0.2) is 15.2 Å². The Morgan fingerprint density at radius 2 is 1.77 bits per heavy atom. The number of ether oxygens (including phenoxy) is 2. The summed E-state index contributed by atoms with van der Waals surface area (Å²) in [5, 5.41) is 8.16. The van der Waals surface area contributed by atoms with E-state index in [0.717, 1.165) is 64.1 Å². The molecule has 372 valence electrons. The molecule has 0 saturated carbocycles. The Hall–Kier alpha value is -5.43. The van der Waals surface area contributed by atoms with Crippen LogP contribution in [-0.2, 0) is 48.0 Å². The van der Waals surface area contributed by atoms with Crippen molar-refractivity contribution < 1.29 is 33.4 Å². The molecular weight excluding hydrogens is 897 g/mol. The molecule has 69 heavy (non-hydrogen) atoms. The number of aromatic nitrogens is 3. The zero-order chi connectivity index (χ0) is 49.3. The number of thiazole rings is 1. The van der Waals surface area contributed by atoms with Gasteiger partial charge in [-0.2, -0.15) is 0 Å². The quantitative estimate of drug-likeness (QED) is 0.202. The van der Waals surface area contributed by atoms with Gasteiger partial charge in [-0.3, -0.25) is 34.1 Å². The second-order valence-electron chi connectivity index (χ2n) is 20.3. The highest BCUT2D eigenvalue weighted by atomic mass is 32.1. The summed E-state index contributed by atoms with van der Waals surface area (Å²) in [5.41, 5.74) is 9.30. The Labute approximate surface area is 409 Å². The van der Waals surface area contributed by atoms with Gasteiger partial charge in [0.1, 0.15) is 18.1 Å². The average molecular weight is 967 g/mol. The molecule has 0 aliphatic carbocycles. The van der Waals surface area contributed by atoms with Crippen molar-refractivity contribution in [3.8, 4) is 22.5 Å². The molecule has 5 atom stereocenters. The lowest BCUT2D eigenvalue weighted by atomic mass is 9.84. The predicted octanol–water partition coefficient (Wildman–Crippen LogP) is 5.52. The molecule has 0 spiro atoms. The Morgan fingerprint density at radius 1 is 1.03 bits per heavy atom. The SMILES string of the molecule is CCn1c(-c2cccnc2[C@H](C)OC)c2c3cc(ccc31)-c1csc(n1)CC(NC(=O)[C@H](C(C)C)N(C)C(=O)N1CCN(C(=O)[C@@H]3CCCN3C)CC1)C(=O)N1CCC[C@H](N1)C(=O)OCC(C)(C)C2. The van der Waals surface area contributed by atoms with E-state index in [-0.39, 0.29) is 43.0 Å². The van der Waals surface area contributed by atoms with Gasteiger partial charge in [0.25, 0.3) is 5.91 Å². The van der Waals surface area contributed by atoms with E-state index in [1.54, 1.807) is 25.3 Å². The lowest BCUT2D eigenvalue weighted by Crippen LogP contribution is -2.63. The van der Waals surface area contributed by atoms with E-state index >= 15 is 0 Å². The van der Waals surface area contributed by atoms with Crippen molar-refractivity contribution in [3.05, 3.63) is 58.2 Å². The molecule has 1 unspecified atom stereocenters. The van der Waals surface area contributed by atoms with Crippen LogP contribution in [0.5, 0.6) is 0 Å². The fraction of sp³-hybridized carbons (Fsp3) is 0.588. The number of urea groups is 1. The first-order valence-corrected chi connectivity index (χ1v) is 25.5. The number of cyclic esters (lactones) is 1. The van der Waals surface area contributed by atoms with Crippen molar-refractivity contribution in [2.75, 3.05) is 67.1 Å². The van der Waals surface area contributed by atoms with Gasteiger partial charge in [0.15, 0.2) is 0 Å². The second kappa shape index (κ2) is 20.9. The summed E-state index contributed by atoms with van der Waals surface area (Å²) < 4.78 is 14.3. The topological polar surface area (TPSA) is 175 Å². The number of nitrogens with one attached hydrogen (secondary N) is 2. The number of methoxy groups -OCH3 is 1. The van der Waals surface area contributed by atoms with E-state index in [0.29, 0.717) is 63.5 Å². The lowest BCUT2D eigenvalue weighted by Gasteiger charge is -2.40. The van der Waals surface area contributed by atoms with E-state index in [1.807, 2.05) is 44.2 Å². The van der Waals surface area contributed by atoms with Crippen molar-refractivity contribution in [1.82, 2.24) is 49.9 Å². The number of hydrogen-bond acceptors (Lipinski definition) is 12. The van der Waals surface area contributed by atoms with E-state index < -0.39 is 41.3 Å². The Bertz CT molecular complexity index is 2550. The van der Waals surface area contributed by atoms with Crippen LogP contribution in [0.15, 0.2) is 41.9 Å². The van der Waals surface area contributed by atoms with Crippen molar-refractivity contribution in [3.63, 3.8) is 0 Å². The molecule has 7 heterocycles. The average Bonchev–Trinajstić information content (AvgIpc) is 4.08. The Balaban J connectivity index is 1.10. The molecular formula is C51H70N10O7S. The van der Waals surface area contributed by atoms with Crippen LogP contribution >= 0.6 is 11.3 Å². The molecule has 17 nitrogen and oxygen atoms in total. The molecule has 3 fully saturated rings. The van der Waals surface area contributed by atoms with Crippen LogP contribution in [0, 0.1) is 11.3 Å². The number of hydrogen-bond donors (Lipinski definition) is 2. The number of carbonyl (C=O) groups is 5. The van der Waals surface area contributed by atoms with Gasteiger partial charge in [0, 0.05) is 98.9 Å². The summed E-state index contributed by atoms with van der Waals surface area (Å²) in [4.78, 5) is 87.6. The molecule has 8 rings (SSSR count). The van der Waals surface area contributed by atoms with Crippen molar-refractivity contribution in [2.24, 2.45) is 11.3 Å². The van der Waals surface area contributed by atoms with Crippen molar-refractivity contribution in [2.45, 2.75) is 117 Å². The fourth-order valence-corrected chi connectivity index (χ4v) is 11.5. The molecule has 4 aromatic rings. The number of nitrogens with zero attached hydrogens (tertiary/aromatic N) is 8. The van der Waals surface area contributed by atoms with Gasteiger partial charge >= 0.3 is 12.0 Å². The molecule has 6 bridgehead atoms. The number of aryl methyl sites for hydroxylation is 1. The highest BCUT2D eigenvalue weighted by Crippen LogP contribution is 2.42. The first kappa shape index (κ1) is 50.0. The summed E-state index contributed by atoms with van der Waals surface area (Å²) in [6.07, 6.45) is 5.04. The van der Waals surface area contributed by atoms with Crippen LogP contribution in [0.2, 0.25) is 0 Å². The summed E-state index contributed by atoms with van der Waals surface area (Å²) in [6, 6.07) is 7.21. The summed E-state index contributed by atoms with van der Waals surface area (Å²) in [6.45, 7) is 15.7. The third-order valence-electron chi connectivity index (χ3n) is 14.4. The maximum Gasteiger partial charge on any atom is 0.324 e. The van der Waals surface area contributed by atoms with E-state index in [4.69, 9.17) is 19.4 Å². The van der Waals surface area contributed by atoms with Crippen LogP contribution < -0.4 is 10.7 Å². The molecule has 18 heteroatoms. The number of benzene rings is 1. The maximum atomic E-state index is 14.7. The maximum absolute atomic E-state index is 14.7. The smallest absolute Gasteiger partial charge is 0.324 e. The largest absolute Gasteiger partial charge is 0.464 e. The Kier molecular flexibility index (Phi) is 15.1. The standard InChI is InChI=1S/C51H70N10O7S/c1-10-60-40-18-17-33-26-35(40)36(45(60)34-14-11-19-52-43(34)32(4)67-9)28-51(5,6)30-68-49(65)37-15-12-21-61(55-37)47(63)38(27-42-53-39(33)29-69-42)54-46(62)44(31(2)3)57(8)50(66)59-24-22-58(23-25-59)48(64)41-16-13-20-56(41)7/h11,14,17-19,26,29,31-32,37-38,41,44,55H,10,12-13,15-16,20-25,27-28,30H2,1-9H3,(H,54,62)/t32-,37-,38?,41-,44-/m0/s1. The summed E-state index contributed by atoms with van der Waals surface area (Å²) >= 11 is 1.41. The first-order chi connectivity index (χ1) is 33.0. The molecule has 2 N–H and O–H groups in total. The molecule has 1 aromatic carbocycles. The number of esters is 1. The van der Waals surface area contributed by atoms with Crippen LogP contribution in [-0.4, -0.2) is 160 Å². The van der Waals surface area contributed by atoms with E-state index in [9.17, 15) is 24.0 Å². The van der Waals surface area contributed by atoms with Gasteiger partial charge in [0.05, 0.1) is 40.8 Å². The van der Waals surface area contributed by atoms with Gasteiger partial charge in [0.2, 0.25) is 11.8 Å². The van der Waals surface area contributed by atoms with Gasteiger partial charge < -0.3 is 34.1 Å². The van der Waals surface area contributed by atoms with Crippen LogP contribution in [0.3, 0.4) is 0 Å². The third-order valence-corrected chi connectivity index (χ3v) is 15.3. The van der Waals surface area contributed by atoms with Gasteiger partial charge in [-0.05, 0) is 95.3 Å². The number of fused-ring (bicyclic) bond motifs is 6. The number of rotatable bonds is 9. The lowest BCUT2D eigenvalue weighted by molar-refractivity contribution is -0.155. The second-order valence-corrected chi connectivity index (χ2v) is 21.2. The van der Waals surface area contributed by atoms with Gasteiger partial charge in [-0.15, -0.1) is 11.3 Å². The molecule has 0 radical (unpaired) electrons.